The van der Waals surface area contributed by atoms with E-state index in [9.17, 15) is 5.11 Å². The molecule has 1 unspecified atom stereocenters. The summed E-state index contributed by atoms with van der Waals surface area (Å²) >= 11 is 3.45. The normalized spacial score (nSPS) is 12.5. The predicted molar refractivity (Wildman–Crippen MR) is 77.3 cm³/mol. The van der Waals surface area contributed by atoms with E-state index in [1.165, 1.54) is 0 Å². The van der Waals surface area contributed by atoms with E-state index in [-0.39, 0.29) is 0 Å². The first kappa shape index (κ1) is 14.1. The van der Waals surface area contributed by atoms with Crippen LogP contribution >= 0.6 is 15.9 Å². The van der Waals surface area contributed by atoms with E-state index >= 15 is 0 Å². The van der Waals surface area contributed by atoms with Crippen LogP contribution in [0.3, 0.4) is 0 Å². The molecule has 0 aliphatic rings. The van der Waals surface area contributed by atoms with Crippen molar-refractivity contribution in [2.24, 2.45) is 7.05 Å². The van der Waals surface area contributed by atoms with Gasteiger partial charge in [-0.3, -0.25) is 4.68 Å². The van der Waals surface area contributed by atoms with E-state index in [0.717, 1.165) is 27.0 Å². The molecule has 5 heteroatoms. The number of hydrogen-bond acceptors (Lipinski definition) is 3. The molecule has 19 heavy (non-hydrogen) atoms. The van der Waals surface area contributed by atoms with Gasteiger partial charge in [0.15, 0.2) is 0 Å². The Balaban J connectivity index is 2.17. The lowest BCUT2D eigenvalue weighted by Gasteiger charge is -2.11. The third kappa shape index (κ3) is 3.16. The maximum atomic E-state index is 10.3. The molecule has 1 aromatic carbocycles. The number of nitrogens with zero attached hydrogens (tertiary/aromatic N) is 2. The zero-order valence-electron chi connectivity index (χ0n) is 11.2. The lowest BCUT2D eigenvalue weighted by atomic mass is 10.0. The topological polar surface area (TPSA) is 47.3 Å². The molecule has 0 amide bonds. The molecule has 4 nitrogen and oxygen atoms in total. The van der Waals surface area contributed by atoms with Crippen LogP contribution in [0.4, 0.5) is 0 Å². The quantitative estimate of drug-likeness (QED) is 0.940. The van der Waals surface area contributed by atoms with Crippen molar-refractivity contribution in [2.45, 2.75) is 19.4 Å². The van der Waals surface area contributed by atoms with Gasteiger partial charge in [0, 0.05) is 25.2 Å². The third-order valence-corrected chi connectivity index (χ3v) is 3.68. The van der Waals surface area contributed by atoms with Crippen LogP contribution in [0.15, 0.2) is 28.9 Å². The number of methoxy groups -OCH3 is 1. The van der Waals surface area contributed by atoms with Gasteiger partial charge < -0.3 is 9.84 Å². The minimum Gasteiger partial charge on any atom is -0.496 e. The number of aromatic nitrogens is 2. The maximum absolute atomic E-state index is 10.3. The van der Waals surface area contributed by atoms with Crippen LogP contribution in [0.5, 0.6) is 5.75 Å². The monoisotopic (exact) mass is 324 g/mol. The summed E-state index contributed by atoms with van der Waals surface area (Å²) in [6, 6.07) is 5.81. The fourth-order valence-electron chi connectivity index (χ4n) is 2.12. The van der Waals surface area contributed by atoms with Crippen molar-refractivity contribution in [3.63, 3.8) is 0 Å². The summed E-state index contributed by atoms with van der Waals surface area (Å²) in [4.78, 5) is 0. The Morgan fingerprint density at radius 3 is 2.74 bits per heavy atom. The van der Waals surface area contributed by atoms with Crippen molar-refractivity contribution in [2.75, 3.05) is 7.11 Å². The van der Waals surface area contributed by atoms with Gasteiger partial charge in [0.2, 0.25) is 0 Å². The fourth-order valence-corrected chi connectivity index (χ4v) is 2.70. The number of rotatable bonds is 4. The maximum Gasteiger partial charge on any atom is 0.133 e. The predicted octanol–water partition coefficient (Wildman–Crippen LogP) is 2.78. The van der Waals surface area contributed by atoms with Gasteiger partial charge in [0.25, 0.3) is 0 Å². The second-order valence-corrected chi connectivity index (χ2v) is 5.39. The van der Waals surface area contributed by atoms with Crippen LogP contribution in [0, 0.1) is 6.92 Å². The summed E-state index contributed by atoms with van der Waals surface area (Å²) < 4.78 is 7.80. The van der Waals surface area contributed by atoms with Crippen molar-refractivity contribution in [1.82, 2.24) is 9.78 Å². The Kier molecular flexibility index (Phi) is 4.27. The molecule has 1 atom stereocenters. The van der Waals surface area contributed by atoms with Gasteiger partial charge in [0.05, 0.1) is 23.4 Å². The highest BCUT2D eigenvalue weighted by molar-refractivity contribution is 9.10. The number of benzene rings is 1. The van der Waals surface area contributed by atoms with Crippen molar-refractivity contribution in [1.29, 1.82) is 0 Å². The standard InChI is InChI=1S/C14H17BrN2O2/c1-9-11(8-17(2)16-9)13(18)7-10-4-5-14(19-3)12(15)6-10/h4-6,8,13,18H,7H2,1-3H3. The lowest BCUT2D eigenvalue weighted by Crippen LogP contribution is -2.02. The second kappa shape index (κ2) is 5.75. The number of ether oxygens (including phenoxy) is 1. The first-order valence-electron chi connectivity index (χ1n) is 6.02. The summed E-state index contributed by atoms with van der Waals surface area (Å²) in [5, 5.41) is 14.5. The largest absolute Gasteiger partial charge is 0.496 e. The molecular weight excluding hydrogens is 308 g/mol. The average molecular weight is 325 g/mol. The molecule has 0 aliphatic heterocycles. The van der Waals surface area contributed by atoms with Gasteiger partial charge in [-0.15, -0.1) is 0 Å². The number of halogens is 1. The van der Waals surface area contributed by atoms with Gasteiger partial charge in [-0.05, 0) is 40.5 Å². The number of hydrogen-bond donors (Lipinski definition) is 1. The Hall–Kier alpha value is -1.33. The van der Waals surface area contributed by atoms with E-state index in [4.69, 9.17) is 4.74 Å². The summed E-state index contributed by atoms with van der Waals surface area (Å²) in [5.41, 5.74) is 2.78. The summed E-state index contributed by atoms with van der Waals surface area (Å²) in [7, 11) is 3.49. The Morgan fingerprint density at radius 2 is 2.21 bits per heavy atom. The SMILES string of the molecule is COc1ccc(CC(O)c2cn(C)nc2C)cc1Br. The van der Waals surface area contributed by atoms with Crippen LogP contribution in [-0.4, -0.2) is 22.0 Å². The molecular formula is C14H17BrN2O2. The molecule has 0 saturated carbocycles. The zero-order chi connectivity index (χ0) is 14.0. The van der Waals surface area contributed by atoms with Gasteiger partial charge >= 0.3 is 0 Å². The third-order valence-electron chi connectivity index (χ3n) is 3.06. The minimum atomic E-state index is -0.547. The average Bonchev–Trinajstić information content (AvgIpc) is 2.69. The van der Waals surface area contributed by atoms with Crippen molar-refractivity contribution in [3.8, 4) is 5.75 Å². The summed E-state index contributed by atoms with van der Waals surface area (Å²) in [6.07, 6.45) is 1.86. The molecule has 0 saturated heterocycles. The van der Waals surface area contributed by atoms with Gasteiger partial charge in [-0.2, -0.15) is 5.10 Å². The summed E-state index contributed by atoms with van der Waals surface area (Å²) in [6.45, 7) is 1.91. The van der Waals surface area contributed by atoms with Gasteiger partial charge in [0.1, 0.15) is 5.75 Å². The number of aryl methyl sites for hydroxylation is 2. The van der Waals surface area contributed by atoms with E-state index in [1.54, 1.807) is 11.8 Å². The summed E-state index contributed by atoms with van der Waals surface area (Å²) in [5.74, 6) is 0.788. The highest BCUT2D eigenvalue weighted by Gasteiger charge is 2.14. The smallest absolute Gasteiger partial charge is 0.133 e. The molecule has 1 aromatic heterocycles. The first-order chi connectivity index (χ1) is 9.01. The Labute approximate surface area is 121 Å². The van der Waals surface area contributed by atoms with Crippen LogP contribution in [-0.2, 0) is 13.5 Å². The number of aliphatic hydroxyl groups is 1. The van der Waals surface area contributed by atoms with Crippen LogP contribution in [0.1, 0.15) is 22.9 Å². The van der Waals surface area contributed by atoms with Crippen molar-refractivity contribution < 1.29 is 9.84 Å². The van der Waals surface area contributed by atoms with E-state index < -0.39 is 6.10 Å². The molecule has 0 fully saturated rings. The highest BCUT2D eigenvalue weighted by atomic mass is 79.9. The van der Waals surface area contributed by atoms with Crippen molar-refractivity contribution >= 4 is 15.9 Å². The molecule has 2 rings (SSSR count). The van der Waals surface area contributed by atoms with E-state index in [2.05, 4.69) is 21.0 Å². The number of aliphatic hydroxyl groups excluding tert-OH is 1. The van der Waals surface area contributed by atoms with Crippen LogP contribution in [0.25, 0.3) is 0 Å². The van der Waals surface area contributed by atoms with Gasteiger partial charge in [-0.1, -0.05) is 6.07 Å². The molecule has 0 aliphatic carbocycles. The second-order valence-electron chi connectivity index (χ2n) is 4.53. The van der Waals surface area contributed by atoms with Gasteiger partial charge in [-0.25, -0.2) is 0 Å². The zero-order valence-corrected chi connectivity index (χ0v) is 12.8. The molecule has 0 radical (unpaired) electrons. The molecule has 1 heterocycles. The van der Waals surface area contributed by atoms with Crippen LogP contribution < -0.4 is 4.74 Å². The minimum absolute atomic E-state index is 0.547. The van der Waals surface area contributed by atoms with Crippen molar-refractivity contribution in [3.05, 3.63) is 45.7 Å². The Morgan fingerprint density at radius 1 is 1.47 bits per heavy atom. The van der Waals surface area contributed by atoms with E-state index in [1.807, 2.05) is 38.4 Å². The molecule has 0 spiro atoms. The Bertz CT molecular complexity index is 581. The first-order valence-corrected chi connectivity index (χ1v) is 6.81. The molecule has 2 aromatic rings. The fraction of sp³-hybridized carbons (Fsp3) is 0.357. The van der Waals surface area contributed by atoms with E-state index in [0.29, 0.717) is 6.42 Å². The highest BCUT2D eigenvalue weighted by Crippen LogP contribution is 2.28. The lowest BCUT2D eigenvalue weighted by molar-refractivity contribution is 0.177. The molecule has 102 valence electrons. The molecule has 0 bridgehead atoms. The molecule has 1 N–H and O–H groups in total. The van der Waals surface area contributed by atoms with Crippen LogP contribution in [0.2, 0.25) is 0 Å².